The van der Waals surface area contributed by atoms with Crippen molar-refractivity contribution in [3.63, 3.8) is 0 Å². The van der Waals surface area contributed by atoms with Crippen molar-refractivity contribution in [2.45, 2.75) is 96.9 Å². The number of halogens is 2. The lowest BCUT2D eigenvalue weighted by atomic mass is 9.72. The van der Waals surface area contributed by atoms with Gasteiger partial charge in [0.1, 0.15) is 5.69 Å². The van der Waals surface area contributed by atoms with Gasteiger partial charge >= 0.3 is 0 Å². The van der Waals surface area contributed by atoms with Crippen molar-refractivity contribution in [2.75, 3.05) is 0 Å². The fourth-order valence-corrected chi connectivity index (χ4v) is 6.50. The lowest BCUT2D eigenvalue weighted by Gasteiger charge is -2.31. The van der Waals surface area contributed by atoms with E-state index in [2.05, 4.69) is 20.5 Å². The predicted octanol–water partition coefficient (Wildman–Crippen LogP) is 14.3. The van der Waals surface area contributed by atoms with E-state index in [-0.39, 0.29) is 33.2 Å². The highest BCUT2D eigenvalue weighted by Gasteiger charge is 2.35. The standard InChI is InChI=1S/C44H52Cl2N4O2/c1-25-16-36(49-47-23-27-17-32(41(3,4)5)39(51)33(18-27)42(6,7)8)26(2)15-30(25)31-21-29(45)22-37(38(31)46)50-48-24-28-19-34(43(9,10)11)40(52)35(20-28)44(12,13)14/h15-24H,1-14H3. The van der Waals surface area contributed by atoms with Crippen molar-refractivity contribution < 1.29 is 9.59 Å². The maximum absolute atomic E-state index is 13.3. The molecule has 0 spiro atoms. The molecule has 2 aromatic rings. The van der Waals surface area contributed by atoms with Gasteiger partial charge in [0.25, 0.3) is 0 Å². The number of allylic oxidation sites excluding steroid dienone is 10. The Morgan fingerprint density at radius 3 is 1.27 bits per heavy atom. The molecule has 2 aliphatic carbocycles. The van der Waals surface area contributed by atoms with E-state index in [1.54, 1.807) is 18.5 Å². The summed E-state index contributed by atoms with van der Waals surface area (Å²) in [6.45, 7) is 28.5. The minimum Gasteiger partial charge on any atom is -0.289 e. The summed E-state index contributed by atoms with van der Waals surface area (Å²) in [5.41, 5.74) is 7.93. The van der Waals surface area contributed by atoms with E-state index in [0.29, 0.717) is 21.4 Å². The van der Waals surface area contributed by atoms with Crippen LogP contribution in [0.25, 0.3) is 11.1 Å². The Labute approximate surface area is 320 Å². The summed E-state index contributed by atoms with van der Waals surface area (Å²) >= 11 is 13.6. The Morgan fingerprint density at radius 2 is 0.885 bits per heavy atom. The third kappa shape index (κ3) is 9.31. The Hall–Kier alpha value is -4.00. The molecule has 0 radical (unpaired) electrons. The summed E-state index contributed by atoms with van der Waals surface area (Å²) < 4.78 is 0. The fraction of sp³-hybridized carbons (Fsp3) is 0.409. The smallest absolute Gasteiger partial charge is 0.186 e. The molecule has 0 unspecified atom stereocenters. The van der Waals surface area contributed by atoms with Crippen LogP contribution in [0.5, 0.6) is 0 Å². The SMILES string of the molecule is Cc1cc(-c2cc(Cl)cc(N=NC=C3C=C(C(C)(C)C)C(=O)C(C(C)(C)C)=C3)c2Cl)c(C)cc1N=NC=C1C=C(C(C)(C)C)C(=O)C(C(C)(C)C)=C1. The number of carbonyl (C=O) groups is 2. The van der Waals surface area contributed by atoms with E-state index in [1.807, 2.05) is 139 Å². The molecular weight excluding hydrogens is 687 g/mol. The number of hydrogen-bond donors (Lipinski definition) is 0. The van der Waals surface area contributed by atoms with Crippen molar-refractivity contribution in [3.05, 3.63) is 116 Å². The summed E-state index contributed by atoms with van der Waals surface area (Å²) in [6.07, 6.45) is 11.0. The van der Waals surface area contributed by atoms with Gasteiger partial charge in [0.2, 0.25) is 0 Å². The summed E-state index contributed by atoms with van der Waals surface area (Å²) in [7, 11) is 0. The highest BCUT2D eigenvalue weighted by Crippen LogP contribution is 2.43. The molecule has 0 saturated carbocycles. The number of benzene rings is 2. The largest absolute Gasteiger partial charge is 0.289 e. The van der Waals surface area contributed by atoms with E-state index in [0.717, 1.165) is 55.7 Å². The van der Waals surface area contributed by atoms with Gasteiger partial charge in [-0.2, -0.15) is 15.3 Å². The van der Waals surface area contributed by atoms with Crippen molar-refractivity contribution in [1.82, 2.24) is 0 Å². The number of ketones is 2. The summed E-state index contributed by atoms with van der Waals surface area (Å²) in [6, 6.07) is 7.49. The molecule has 274 valence electrons. The second kappa shape index (κ2) is 14.8. The van der Waals surface area contributed by atoms with Crippen LogP contribution in [0.4, 0.5) is 11.4 Å². The number of rotatable bonds is 5. The fourth-order valence-electron chi connectivity index (χ4n) is 6.04. The van der Waals surface area contributed by atoms with Crippen LogP contribution >= 0.6 is 23.2 Å². The molecule has 0 bridgehead atoms. The molecule has 0 fully saturated rings. The average Bonchev–Trinajstić information content (AvgIpc) is 2.99. The lowest BCUT2D eigenvalue weighted by Crippen LogP contribution is -2.27. The molecular formula is C44H52Cl2N4O2. The monoisotopic (exact) mass is 738 g/mol. The van der Waals surface area contributed by atoms with Gasteiger partial charge in [0, 0.05) is 32.9 Å². The molecule has 52 heavy (non-hydrogen) atoms. The number of hydrogen-bond acceptors (Lipinski definition) is 6. The molecule has 6 nitrogen and oxygen atoms in total. The van der Waals surface area contributed by atoms with Crippen LogP contribution < -0.4 is 0 Å². The van der Waals surface area contributed by atoms with Crippen LogP contribution in [-0.4, -0.2) is 11.6 Å². The molecule has 0 heterocycles. The van der Waals surface area contributed by atoms with Gasteiger partial charge in [0.05, 0.1) is 23.1 Å². The number of aryl methyl sites for hydroxylation is 2. The summed E-state index contributed by atoms with van der Waals surface area (Å²) in [4.78, 5) is 26.6. The Kier molecular flexibility index (Phi) is 11.6. The number of azo groups is 2. The number of carbonyl (C=O) groups excluding carboxylic acids is 2. The molecule has 0 aromatic heterocycles. The maximum atomic E-state index is 13.3. The van der Waals surface area contributed by atoms with Crippen LogP contribution in [0.15, 0.2) is 115 Å². The Bertz CT molecular complexity index is 2000. The van der Waals surface area contributed by atoms with Crippen LogP contribution in [0.3, 0.4) is 0 Å². The zero-order valence-electron chi connectivity index (χ0n) is 33.1. The van der Waals surface area contributed by atoms with Crippen molar-refractivity contribution in [2.24, 2.45) is 42.1 Å². The molecule has 4 rings (SSSR count). The van der Waals surface area contributed by atoms with Crippen LogP contribution in [-0.2, 0) is 9.59 Å². The van der Waals surface area contributed by atoms with Gasteiger partial charge in [0.15, 0.2) is 11.6 Å². The zero-order valence-corrected chi connectivity index (χ0v) is 34.6. The van der Waals surface area contributed by atoms with Gasteiger partial charge in [-0.1, -0.05) is 106 Å². The third-order valence-electron chi connectivity index (χ3n) is 9.05. The zero-order chi connectivity index (χ0) is 39.1. The van der Waals surface area contributed by atoms with E-state index < -0.39 is 0 Å². The van der Waals surface area contributed by atoms with E-state index in [9.17, 15) is 9.59 Å². The molecule has 0 aliphatic heterocycles. The van der Waals surface area contributed by atoms with Crippen molar-refractivity contribution in [1.29, 1.82) is 0 Å². The molecule has 2 aliphatic rings. The summed E-state index contributed by atoms with van der Waals surface area (Å²) in [5.74, 6) is 0.144. The first-order valence-electron chi connectivity index (χ1n) is 17.6. The van der Waals surface area contributed by atoms with E-state index in [4.69, 9.17) is 23.2 Å². The highest BCUT2D eigenvalue weighted by molar-refractivity contribution is 6.37. The second-order valence-electron chi connectivity index (χ2n) is 17.8. The molecule has 0 amide bonds. The first kappa shape index (κ1) is 40.8. The van der Waals surface area contributed by atoms with Crippen LogP contribution in [0, 0.1) is 35.5 Å². The normalized spacial score (nSPS) is 16.4. The van der Waals surface area contributed by atoms with Gasteiger partial charge in [-0.25, -0.2) is 0 Å². The first-order valence-corrected chi connectivity index (χ1v) is 18.4. The van der Waals surface area contributed by atoms with Gasteiger partial charge < -0.3 is 0 Å². The maximum Gasteiger partial charge on any atom is 0.186 e. The lowest BCUT2D eigenvalue weighted by molar-refractivity contribution is -0.114. The minimum atomic E-state index is -0.328. The summed E-state index contributed by atoms with van der Waals surface area (Å²) in [5, 5.41) is 18.7. The highest BCUT2D eigenvalue weighted by atomic mass is 35.5. The van der Waals surface area contributed by atoms with Gasteiger partial charge in [-0.05, 0) is 112 Å². The van der Waals surface area contributed by atoms with Gasteiger partial charge in [-0.15, -0.1) is 5.11 Å². The number of nitrogens with zero attached hydrogens (tertiary/aromatic N) is 4. The molecule has 8 heteroatoms. The van der Waals surface area contributed by atoms with Gasteiger partial charge in [-0.3, -0.25) is 9.59 Å². The molecule has 0 N–H and O–H groups in total. The molecule has 0 saturated heterocycles. The Morgan fingerprint density at radius 1 is 0.500 bits per heavy atom. The quantitative estimate of drug-likeness (QED) is 0.286. The van der Waals surface area contributed by atoms with Crippen LogP contribution in [0.2, 0.25) is 10.0 Å². The van der Waals surface area contributed by atoms with E-state index in [1.165, 1.54) is 0 Å². The van der Waals surface area contributed by atoms with E-state index >= 15 is 0 Å². The molecule has 2 aromatic carbocycles. The number of Topliss-reactive ketones (excluding diaryl/α,β-unsaturated/α-hetero) is 2. The van der Waals surface area contributed by atoms with Crippen molar-refractivity contribution in [3.8, 4) is 11.1 Å². The first-order chi connectivity index (χ1) is 23.8. The Balaban J connectivity index is 1.68. The topological polar surface area (TPSA) is 83.6 Å². The molecule has 0 atom stereocenters. The minimum absolute atomic E-state index is 0.0624. The average molecular weight is 740 g/mol. The van der Waals surface area contributed by atoms with Crippen molar-refractivity contribution >= 4 is 46.1 Å². The third-order valence-corrected chi connectivity index (χ3v) is 9.67. The second-order valence-corrected chi connectivity index (χ2v) is 18.6. The van der Waals surface area contributed by atoms with Crippen LogP contribution in [0.1, 0.15) is 94.2 Å². The predicted molar refractivity (Wildman–Crippen MR) is 217 cm³/mol.